The summed E-state index contributed by atoms with van der Waals surface area (Å²) in [5, 5.41) is 9.58. The Kier molecular flexibility index (Phi) is 6.70. The first-order valence-corrected chi connectivity index (χ1v) is 11.8. The second-order valence-corrected chi connectivity index (χ2v) is 9.81. The van der Waals surface area contributed by atoms with Gasteiger partial charge < -0.3 is 9.52 Å². The van der Waals surface area contributed by atoms with E-state index in [0.29, 0.717) is 28.5 Å². The summed E-state index contributed by atoms with van der Waals surface area (Å²) in [4.78, 5) is 18.0. The number of hydrogen-bond donors (Lipinski definition) is 1. The average molecular weight is 506 g/mol. The minimum atomic E-state index is -0.690. The number of aromatic nitrogens is 1. The van der Waals surface area contributed by atoms with Gasteiger partial charge >= 0.3 is 5.97 Å². The Morgan fingerprint density at radius 1 is 1.29 bits per heavy atom. The lowest BCUT2D eigenvalue weighted by Gasteiger charge is -2.34. The van der Waals surface area contributed by atoms with E-state index in [0.717, 1.165) is 58.9 Å². The molecule has 1 aromatic heterocycles. The van der Waals surface area contributed by atoms with Crippen LogP contribution in [0.2, 0.25) is 5.02 Å². The van der Waals surface area contributed by atoms with Gasteiger partial charge in [0.15, 0.2) is 5.58 Å². The van der Waals surface area contributed by atoms with Crippen molar-refractivity contribution in [2.75, 3.05) is 7.05 Å². The van der Waals surface area contributed by atoms with Gasteiger partial charge in [0, 0.05) is 29.0 Å². The Bertz CT molecular complexity index is 1110. The minimum absolute atomic E-state index is 0.286. The van der Waals surface area contributed by atoms with Crippen molar-refractivity contribution in [2.24, 2.45) is 5.92 Å². The number of carboxylic acid groups (broad SMARTS) is 1. The number of benzene rings is 2. The molecule has 164 valence electrons. The van der Waals surface area contributed by atoms with Crippen LogP contribution in [-0.4, -0.2) is 34.0 Å². The second kappa shape index (κ2) is 9.31. The Morgan fingerprint density at radius 3 is 2.74 bits per heavy atom. The van der Waals surface area contributed by atoms with Crippen LogP contribution in [0.25, 0.3) is 22.6 Å². The summed E-state index contributed by atoms with van der Waals surface area (Å²) < 4.78 is 7.03. The maximum atomic E-state index is 11.0. The molecule has 3 aromatic rings. The molecule has 1 aliphatic rings. The van der Waals surface area contributed by atoms with Crippen molar-refractivity contribution in [3.05, 3.63) is 51.0 Å². The molecule has 1 fully saturated rings. The number of aliphatic carboxylic acids is 1. The van der Waals surface area contributed by atoms with E-state index >= 15 is 0 Å². The van der Waals surface area contributed by atoms with Crippen molar-refractivity contribution in [1.29, 1.82) is 0 Å². The van der Waals surface area contributed by atoms with E-state index in [1.165, 1.54) is 0 Å². The topological polar surface area (TPSA) is 66.6 Å². The number of nitrogens with zero attached hydrogens (tertiary/aromatic N) is 2. The first kappa shape index (κ1) is 22.3. The molecule has 0 saturated heterocycles. The van der Waals surface area contributed by atoms with Crippen molar-refractivity contribution in [2.45, 2.75) is 51.6 Å². The molecule has 1 aliphatic carbocycles. The van der Waals surface area contributed by atoms with E-state index in [-0.39, 0.29) is 6.42 Å². The normalized spacial score (nSPS) is 19.3. The molecule has 0 unspecified atom stereocenters. The smallest absolute Gasteiger partial charge is 0.303 e. The molecule has 1 N–H and O–H groups in total. The van der Waals surface area contributed by atoms with E-state index in [9.17, 15) is 4.79 Å². The molecule has 1 saturated carbocycles. The highest BCUT2D eigenvalue weighted by Crippen LogP contribution is 2.35. The van der Waals surface area contributed by atoms with Gasteiger partial charge in [-0.25, -0.2) is 4.98 Å². The van der Waals surface area contributed by atoms with E-state index in [1.54, 1.807) is 0 Å². The monoisotopic (exact) mass is 504 g/mol. The van der Waals surface area contributed by atoms with Crippen LogP contribution in [0.15, 0.2) is 39.2 Å². The van der Waals surface area contributed by atoms with E-state index in [2.05, 4.69) is 27.9 Å². The van der Waals surface area contributed by atoms with Gasteiger partial charge in [0.05, 0.1) is 5.02 Å². The van der Waals surface area contributed by atoms with Crippen LogP contribution < -0.4 is 0 Å². The van der Waals surface area contributed by atoms with E-state index in [4.69, 9.17) is 26.1 Å². The van der Waals surface area contributed by atoms with Crippen molar-refractivity contribution >= 4 is 44.6 Å². The lowest BCUT2D eigenvalue weighted by Crippen LogP contribution is -2.35. The number of carboxylic acids is 1. The van der Waals surface area contributed by atoms with Crippen molar-refractivity contribution in [3.63, 3.8) is 0 Å². The molecule has 4 rings (SSSR count). The summed E-state index contributed by atoms with van der Waals surface area (Å²) in [6, 6.07) is 10.4. The zero-order valence-electron chi connectivity index (χ0n) is 17.7. The molecule has 31 heavy (non-hydrogen) atoms. The SMILES string of the molecule is Cc1c(Br)cccc1-c1nc2cc(CN(C)C3CCC(CC(=O)O)CC3)cc(Cl)c2o1. The Morgan fingerprint density at radius 2 is 2.03 bits per heavy atom. The molecule has 0 spiro atoms. The van der Waals surface area contributed by atoms with Crippen LogP contribution in [0.3, 0.4) is 0 Å². The second-order valence-electron chi connectivity index (χ2n) is 8.54. The van der Waals surface area contributed by atoms with Crippen LogP contribution in [0.1, 0.15) is 43.2 Å². The number of oxazole rings is 1. The predicted molar refractivity (Wildman–Crippen MR) is 126 cm³/mol. The largest absolute Gasteiger partial charge is 0.481 e. The Labute approximate surface area is 195 Å². The molecule has 0 bridgehead atoms. The average Bonchev–Trinajstić information content (AvgIpc) is 3.14. The van der Waals surface area contributed by atoms with Crippen molar-refractivity contribution in [1.82, 2.24) is 9.88 Å². The highest BCUT2D eigenvalue weighted by Gasteiger charge is 2.25. The molecule has 5 nitrogen and oxygen atoms in total. The van der Waals surface area contributed by atoms with Crippen LogP contribution in [0.4, 0.5) is 0 Å². The first-order valence-electron chi connectivity index (χ1n) is 10.6. The highest BCUT2D eigenvalue weighted by atomic mass is 79.9. The maximum Gasteiger partial charge on any atom is 0.303 e. The fourth-order valence-electron chi connectivity index (χ4n) is 4.55. The third kappa shape index (κ3) is 4.97. The maximum absolute atomic E-state index is 11.0. The van der Waals surface area contributed by atoms with Gasteiger partial charge in [0.1, 0.15) is 5.52 Å². The van der Waals surface area contributed by atoms with Gasteiger partial charge in [0.2, 0.25) is 5.89 Å². The summed E-state index contributed by atoms with van der Waals surface area (Å²) in [5.41, 5.74) is 4.48. The van der Waals surface area contributed by atoms with Gasteiger partial charge in [-0.05, 0) is 81.0 Å². The summed E-state index contributed by atoms with van der Waals surface area (Å²) in [5.74, 6) is 0.186. The molecule has 1 heterocycles. The summed E-state index contributed by atoms with van der Waals surface area (Å²) in [6.07, 6.45) is 4.29. The fourth-order valence-corrected chi connectivity index (χ4v) is 5.19. The molecule has 0 atom stereocenters. The van der Waals surface area contributed by atoms with Crippen molar-refractivity contribution < 1.29 is 14.3 Å². The lowest BCUT2D eigenvalue weighted by atomic mass is 9.83. The van der Waals surface area contributed by atoms with Crippen LogP contribution in [-0.2, 0) is 11.3 Å². The van der Waals surface area contributed by atoms with E-state index < -0.39 is 5.97 Å². The molecule has 0 radical (unpaired) electrons. The van der Waals surface area contributed by atoms with Crippen LogP contribution in [0, 0.1) is 12.8 Å². The van der Waals surface area contributed by atoms with Gasteiger partial charge in [-0.1, -0.05) is 33.6 Å². The third-order valence-corrected chi connectivity index (χ3v) is 7.48. The zero-order valence-corrected chi connectivity index (χ0v) is 20.0. The number of hydrogen-bond acceptors (Lipinski definition) is 4. The summed E-state index contributed by atoms with van der Waals surface area (Å²) in [6.45, 7) is 2.80. The quantitative estimate of drug-likeness (QED) is 0.404. The van der Waals surface area contributed by atoms with Gasteiger partial charge in [-0.2, -0.15) is 0 Å². The lowest BCUT2D eigenvalue weighted by molar-refractivity contribution is -0.138. The van der Waals surface area contributed by atoms with E-state index in [1.807, 2.05) is 37.3 Å². The summed E-state index contributed by atoms with van der Waals surface area (Å²) in [7, 11) is 2.12. The van der Waals surface area contributed by atoms with Crippen LogP contribution >= 0.6 is 27.5 Å². The molecular weight excluding hydrogens is 480 g/mol. The molecule has 0 amide bonds. The van der Waals surface area contributed by atoms with Crippen LogP contribution in [0.5, 0.6) is 0 Å². The Hall–Kier alpha value is -1.89. The van der Waals surface area contributed by atoms with Gasteiger partial charge in [-0.3, -0.25) is 9.69 Å². The molecule has 0 aliphatic heterocycles. The zero-order chi connectivity index (χ0) is 22.1. The van der Waals surface area contributed by atoms with Crippen molar-refractivity contribution in [3.8, 4) is 11.5 Å². The summed E-state index contributed by atoms with van der Waals surface area (Å²) >= 11 is 10.1. The molecule has 7 heteroatoms. The number of halogens is 2. The fraction of sp³-hybridized carbons (Fsp3) is 0.417. The third-order valence-electron chi connectivity index (χ3n) is 6.34. The number of fused-ring (bicyclic) bond motifs is 1. The highest BCUT2D eigenvalue weighted by molar-refractivity contribution is 9.10. The molecular formula is C24H26BrClN2O3. The van der Waals surface area contributed by atoms with Gasteiger partial charge in [0.25, 0.3) is 0 Å². The first-order chi connectivity index (χ1) is 14.8. The predicted octanol–water partition coefficient (Wildman–Crippen LogP) is 6.68. The number of rotatable bonds is 6. The molecule has 2 aromatic carbocycles. The van der Waals surface area contributed by atoms with Gasteiger partial charge in [-0.15, -0.1) is 0 Å². The number of carbonyl (C=O) groups is 1. The standard InChI is InChI=1S/C24H26BrClN2O3/c1-14-18(4-3-5-19(14)25)24-27-21-11-16(10-20(26)23(21)31-24)13-28(2)17-8-6-15(7-9-17)12-22(29)30/h3-5,10-11,15,17H,6-9,12-13H2,1-2H3,(H,29,30). The minimum Gasteiger partial charge on any atom is -0.481 e. The Balaban J connectivity index is 1.50.